The van der Waals surface area contributed by atoms with Crippen LogP contribution < -0.4 is 4.90 Å². The van der Waals surface area contributed by atoms with E-state index in [9.17, 15) is 8.42 Å². The summed E-state index contributed by atoms with van der Waals surface area (Å²) in [5, 5.41) is 1.02. The maximum absolute atomic E-state index is 12.8. The number of hydrogen-bond acceptors (Lipinski definition) is 3. The summed E-state index contributed by atoms with van der Waals surface area (Å²) in [4.78, 5) is 2.47. The average Bonchev–Trinajstić information content (AvgIpc) is 2.57. The molecule has 0 unspecified atom stereocenters. The van der Waals surface area contributed by atoms with E-state index in [0.29, 0.717) is 41.1 Å². The van der Waals surface area contributed by atoms with Crippen molar-refractivity contribution in [3.63, 3.8) is 0 Å². The Morgan fingerprint density at radius 2 is 1.62 bits per heavy atom. The standard InChI is InChI=1S/C17H18Cl2N2O2S/c1-13-3-2-4-15(11-13)24(22,23)21-9-7-20(8-10-21)14-5-6-16(18)17(19)12-14/h2-6,11-12H,7-10H2,1H3. The highest BCUT2D eigenvalue weighted by molar-refractivity contribution is 7.89. The molecule has 2 aromatic carbocycles. The van der Waals surface area contributed by atoms with Crippen LogP contribution in [-0.4, -0.2) is 38.9 Å². The van der Waals surface area contributed by atoms with E-state index in [1.807, 2.05) is 25.1 Å². The molecule has 1 saturated heterocycles. The van der Waals surface area contributed by atoms with Crippen molar-refractivity contribution in [2.24, 2.45) is 0 Å². The van der Waals surface area contributed by atoms with Gasteiger partial charge in [0.15, 0.2) is 0 Å². The van der Waals surface area contributed by atoms with Gasteiger partial charge in [-0.05, 0) is 42.8 Å². The van der Waals surface area contributed by atoms with Gasteiger partial charge in [0.25, 0.3) is 0 Å². The molecule has 1 aliphatic heterocycles. The molecule has 0 amide bonds. The van der Waals surface area contributed by atoms with Crippen LogP contribution in [0.3, 0.4) is 0 Å². The van der Waals surface area contributed by atoms with Crippen LogP contribution in [0.1, 0.15) is 5.56 Å². The Hall–Kier alpha value is -1.27. The van der Waals surface area contributed by atoms with Gasteiger partial charge in [0.1, 0.15) is 0 Å². The number of piperazine rings is 1. The van der Waals surface area contributed by atoms with Crippen molar-refractivity contribution in [2.45, 2.75) is 11.8 Å². The molecule has 1 heterocycles. The Morgan fingerprint density at radius 3 is 2.25 bits per heavy atom. The van der Waals surface area contributed by atoms with E-state index in [0.717, 1.165) is 11.3 Å². The molecule has 0 N–H and O–H groups in total. The molecule has 24 heavy (non-hydrogen) atoms. The quantitative estimate of drug-likeness (QED) is 0.807. The molecular weight excluding hydrogens is 367 g/mol. The predicted octanol–water partition coefficient (Wildman–Crippen LogP) is 3.81. The number of hydrogen-bond donors (Lipinski definition) is 0. The number of nitrogens with zero attached hydrogens (tertiary/aromatic N) is 2. The molecule has 2 aromatic rings. The zero-order valence-electron chi connectivity index (χ0n) is 13.2. The summed E-state index contributed by atoms with van der Waals surface area (Å²) < 4.78 is 27.0. The minimum Gasteiger partial charge on any atom is -0.369 e. The third-order valence-electron chi connectivity index (χ3n) is 4.13. The first-order chi connectivity index (χ1) is 11.4. The number of anilines is 1. The molecule has 0 radical (unpaired) electrons. The average molecular weight is 385 g/mol. The topological polar surface area (TPSA) is 40.6 Å². The molecule has 4 nitrogen and oxygen atoms in total. The van der Waals surface area contributed by atoms with Gasteiger partial charge in [-0.25, -0.2) is 8.42 Å². The van der Waals surface area contributed by atoms with Crippen LogP contribution in [0.2, 0.25) is 10.0 Å². The second-order valence-corrected chi connectivity index (χ2v) is 8.56. The highest BCUT2D eigenvalue weighted by Crippen LogP contribution is 2.28. The lowest BCUT2D eigenvalue weighted by Gasteiger charge is -2.35. The number of rotatable bonds is 3. The van der Waals surface area contributed by atoms with E-state index in [4.69, 9.17) is 23.2 Å². The lowest BCUT2D eigenvalue weighted by molar-refractivity contribution is 0.385. The zero-order chi connectivity index (χ0) is 17.3. The third-order valence-corrected chi connectivity index (χ3v) is 6.77. The first-order valence-electron chi connectivity index (χ1n) is 7.65. The maximum Gasteiger partial charge on any atom is 0.243 e. The molecule has 0 aromatic heterocycles. The van der Waals surface area contributed by atoms with E-state index in [-0.39, 0.29) is 0 Å². The summed E-state index contributed by atoms with van der Waals surface area (Å²) in [6.07, 6.45) is 0. The molecular formula is C17H18Cl2N2O2S. The number of aryl methyl sites for hydroxylation is 1. The van der Waals surface area contributed by atoms with Crippen LogP contribution in [-0.2, 0) is 10.0 Å². The molecule has 1 fully saturated rings. The van der Waals surface area contributed by atoms with Crippen molar-refractivity contribution in [3.8, 4) is 0 Å². The van der Waals surface area contributed by atoms with Gasteiger partial charge in [-0.1, -0.05) is 35.3 Å². The summed E-state index contributed by atoms with van der Waals surface area (Å²) in [6.45, 7) is 4.00. The lowest BCUT2D eigenvalue weighted by Crippen LogP contribution is -2.48. The van der Waals surface area contributed by atoms with E-state index < -0.39 is 10.0 Å². The fraction of sp³-hybridized carbons (Fsp3) is 0.294. The third kappa shape index (κ3) is 3.54. The van der Waals surface area contributed by atoms with Crippen molar-refractivity contribution < 1.29 is 8.42 Å². The highest BCUT2D eigenvalue weighted by atomic mass is 35.5. The summed E-state index contributed by atoms with van der Waals surface area (Å²) in [7, 11) is -3.45. The monoisotopic (exact) mass is 384 g/mol. The van der Waals surface area contributed by atoms with Gasteiger partial charge in [0.05, 0.1) is 14.9 Å². The first kappa shape index (κ1) is 17.5. The van der Waals surface area contributed by atoms with Crippen LogP contribution in [0.4, 0.5) is 5.69 Å². The van der Waals surface area contributed by atoms with E-state index >= 15 is 0 Å². The van der Waals surface area contributed by atoms with Gasteiger partial charge >= 0.3 is 0 Å². The Kier molecular flexibility index (Phi) is 5.06. The summed E-state index contributed by atoms with van der Waals surface area (Å²) >= 11 is 12.0. The van der Waals surface area contributed by atoms with Gasteiger partial charge < -0.3 is 4.90 Å². The Bertz CT molecular complexity index is 847. The Labute approximate surface area is 152 Å². The van der Waals surface area contributed by atoms with E-state index in [2.05, 4.69) is 4.90 Å². The molecule has 0 aliphatic carbocycles. The van der Waals surface area contributed by atoms with Gasteiger partial charge in [0.2, 0.25) is 10.0 Å². The highest BCUT2D eigenvalue weighted by Gasteiger charge is 2.28. The minimum atomic E-state index is -3.45. The summed E-state index contributed by atoms with van der Waals surface area (Å²) in [5.74, 6) is 0. The Morgan fingerprint density at radius 1 is 0.917 bits per heavy atom. The second-order valence-electron chi connectivity index (χ2n) is 5.81. The summed E-state index contributed by atoms with van der Waals surface area (Å²) in [6, 6.07) is 12.5. The van der Waals surface area contributed by atoms with E-state index in [1.165, 1.54) is 4.31 Å². The summed E-state index contributed by atoms with van der Waals surface area (Å²) in [5.41, 5.74) is 1.89. The van der Waals surface area contributed by atoms with Gasteiger partial charge in [-0.2, -0.15) is 4.31 Å². The number of sulfonamides is 1. The number of halogens is 2. The fourth-order valence-corrected chi connectivity index (χ4v) is 4.61. The van der Waals surface area contributed by atoms with Gasteiger partial charge in [-0.15, -0.1) is 0 Å². The van der Waals surface area contributed by atoms with Crippen LogP contribution >= 0.6 is 23.2 Å². The van der Waals surface area contributed by atoms with Crippen molar-refractivity contribution >= 4 is 38.9 Å². The van der Waals surface area contributed by atoms with Crippen molar-refractivity contribution in [2.75, 3.05) is 31.1 Å². The second kappa shape index (κ2) is 6.92. The Balaban J connectivity index is 1.73. The molecule has 1 aliphatic rings. The lowest BCUT2D eigenvalue weighted by atomic mass is 10.2. The van der Waals surface area contributed by atoms with E-state index in [1.54, 1.807) is 24.3 Å². The van der Waals surface area contributed by atoms with Crippen LogP contribution in [0.15, 0.2) is 47.4 Å². The maximum atomic E-state index is 12.8. The van der Waals surface area contributed by atoms with Crippen molar-refractivity contribution in [1.29, 1.82) is 0 Å². The smallest absolute Gasteiger partial charge is 0.243 e. The van der Waals surface area contributed by atoms with Gasteiger partial charge in [0, 0.05) is 31.9 Å². The number of benzene rings is 2. The van der Waals surface area contributed by atoms with Crippen molar-refractivity contribution in [3.05, 3.63) is 58.1 Å². The van der Waals surface area contributed by atoms with Crippen LogP contribution in [0.5, 0.6) is 0 Å². The predicted molar refractivity (Wildman–Crippen MR) is 98.6 cm³/mol. The molecule has 0 atom stereocenters. The minimum absolute atomic E-state index is 0.352. The molecule has 7 heteroatoms. The molecule has 3 rings (SSSR count). The van der Waals surface area contributed by atoms with Crippen LogP contribution in [0.25, 0.3) is 0 Å². The molecule has 0 bridgehead atoms. The molecule has 0 saturated carbocycles. The first-order valence-corrected chi connectivity index (χ1v) is 9.84. The largest absolute Gasteiger partial charge is 0.369 e. The normalized spacial score (nSPS) is 16.4. The van der Waals surface area contributed by atoms with Gasteiger partial charge in [-0.3, -0.25) is 0 Å². The zero-order valence-corrected chi connectivity index (χ0v) is 15.6. The SMILES string of the molecule is Cc1cccc(S(=O)(=O)N2CCN(c3ccc(Cl)c(Cl)c3)CC2)c1. The fourth-order valence-electron chi connectivity index (χ4n) is 2.79. The van der Waals surface area contributed by atoms with Crippen LogP contribution in [0, 0.1) is 6.92 Å². The molecule has 0 spiro atoms. The van der Waals surface area contributed by atoms with Crippen molar-refractivity contribution in [1.82, 2.24) is 4.31 Å². The molecule has 128 valence electrons.